The Bertz CT molecular complexity index is 333. The Kier molecular flexibility index (Phi) is 6.76. The predicted molar refractivity (Wildman–Crippen MR) is 58.1 cm³/mol. The van der Waals surface area contributed by atoms with Gasteiger partial charge >= 0.3 is 17.8 Å². The van der Waals surface area contributed by atoms with E-state index < -0.39 is 47.9 Å². The Morgan fingerprint density at radius 2 is 1.65 bits per heavy atom. The molecule has 0 aromatic heterocycles. The summed E-state index contributed by atoms with van der Waals surface area (Å²) in [6.07, 6.45) is -4.83. The quantitative estimate of drug-likeness (QED) is 0.618. The topological polar surface area (TPSA) is 17.1 Å². The molecule has 0 aromatic rings. The summed E-state index contributed by atoms with van der Waals surface area (Å²) in [5.41, 5.74) is 0. The van der Waals surface area contributed by atoms with Crippen molar-refractivity contribution in [1.29, 1.82) is 0 Å². The number of carbonyl (C=O) groups excluding carboxylic acids is 1. The number of halogens is 8. The van der Waals surface area contributed by atoms with Crippen LogP contribution in [0.3, 0.4) is 0 Å². The molecule has 0 heterocycles. The molecule has 1 nitrogen and oxygen atoms in total. The molecule has 20 heavy (non-hydrogen) atoms. The molecule has 120 valence electrons. The first-order valence-electron chi connectivity index (χ1n) is 5.43. The molecule has 0 bridgehead atoms. The highest BCUT2D eigenvalue weighted by Gasteiger charge is 2.74. The normalized spacial score (nSPS) is 15.2. The summed E-state index contributed by atoms with van der Waals surface area (Å²) in [5.74, 6) is -18.1. The Morgan fingerprint density at radius 3 is 2.05 bits per heavy atom. The zero-order chi connectivity index (χ0) is 16.2. The van der Waals surface area contributed by atoms with Gasteiger partial charge in [0.15, 0.2) is 18.0 Å². The number of rotatable bonds is 8. The molecule has 0 fully saturated rings. The maximum absolute atomic E-state index is 13.1. The van der Waals surface area contributed by atoms with Crippen molar-refractivity contribution in [2.24, 2.45) is 0 Å². The smallest absolute Gasteiger partial charge is 0.287 e. The maximum atomic E-state index is 13.1. The Balaban J connectivity index is 4.81. The van der Waals surface area contributed by atoms with Crippen LogP contribution in [-0.4, -0.2) is 41.5 Å². The van der Waals surface area contributed by atoms with Crippen LogP contribution in [-0.2, 0) is 4.79 Å². The van der Waals surface area contributed by atoms with Crippen LogP contribution in [0.5, 0.6) is 0 Å². The fourth-order valence-corrected chi connectivity index (χ4v) is 1.84. The van der Waals surface area contributed by atoms with Crippen molar-refractivity contribution in [3.05, 3.63) is 0 Å². The number of alkyl halides is 8. The number of hydrogen-bond donors (Lipinski definition) is 0. The van der Waals surface area contributed by atoms with Crippen LogP contribution in [0.25, 0.3) is 0 Å². The minimum Gasteiger partial charge on any atom is -0.287 e. The highest BCUT2D eigenvalue weighted by molar-refractivity contribution is 8.13. The summed E-state index contributed by atoms with van der Waals surface area (Å²) in [6.45, 7) is -1.60. The van der Waals surface area contributed by atoms with E-state index in [1.165, 1.54) is 6.92 Å². The van der Waals surface area contributed by atoms with Crippen LogP contribution in [0.15, 0.2) is 0 Å². The molecule has 1 atom stereocenters. The van der Waals surface area contributed by atoms with E-state index in [1.807, 2.05) is 0 Å². The summed E-state index contributed by atoms with van der Waals surface area (Å²) in [4.78, 5) is 10.8. The van der Waals surface area contributed by atoms with Crippen LogP contribution in [0, 0.1) is 0 Å². The summed E-state index contributed by atoms with van der Waals surface area (Å²) in [5, 5.41) is -0.485. The molecule has 1 unspecified atom stereocenters. The molecular formula is C10H12F8OS. The summed E-state index contributed by atoms with van der Waals surface area (Å²) in [6, 6.07) is 0. The first-order valence-corrected chi connectivity index (χ1v) is 6.41. The lowest BCUT2D eigenvalue weighted by molar-refractivity contribution is -0.327. The van der Waals surface area contributed by atoms with E-state index in [0.29, 0.717) is 11.8 Å². The average Bonchev–Trinajstić information content (AvgIpc) is 2.37. The zero-order valence-corrected chi connectivity index (χ0v) is 11.1. The van der Waals surface area contributed by atoms with Gasteiger partial charge in [0.25, 0.3) is 0 Å². The van der Waals surface area contributed by atoms with E-state index in [4.69, 9.17) is 0 Å². The van der Waals surface area contributed by atoms with E-state index in [2.05, 4.69) is 0 Å². The monoisotopic (exact) mass is 332 g/mol. The minimum absolute atomic E-state index is 0.0219. The molecule has 0 rings (SSSR count). The van der Waals surface area contributed by atoms with Gasteiger partial charge in [-0.1, -0.05) is 18.7 Å². The Labute approximate surface area is 114 Å². The van der Waals surface area contributed by atoms with Gasteiger partial charge in [-0.3, -0.25) is 4.79 Å². The van der Waals surface area contributed by atoms with Crippen molar-refractivity contribution in [2.75, 3.05) is 12.4 Å². The second kappa shape index (κ2) is 6.95. The summed E-state index contributed by atoms with van der Waals surface area (Å²) in [7, 11) is 0. The van der Waals surface area contributed by atoms with Gasteiger partial charge in [0.2, 0.25) is 0 Å². The van der Waals surface area contributed by atoms with E-state index in [1.54, 1.807) is 0 Å². The van der Waals surface area contributed by atoms with Gasteiger partial charge in [0, 0.05) is 12.2 Å². The molecule has 0 aliphatic carbocycles. The highest BCUT2D eigenvalue weighted by atomic mass is 32.2. The van der Waals surface area contributed by atoms with E-state index in [0.717, 1.165) is 0 Å². The minimum atomic E-state index is -6.16. The Morgan fingerprint density at radius 1 is 1.15 bits per heavy atom. The second-order valence-corrected chi connectivity index (χ2v) is 5.02. The number of carbonyl (C=O) groups is 1. The zero-order valence-electron chi connectivity index (χ0n) is 10.2. The predicted octanol–water partition coefficient (Wildman–Crippen LogP) is 4.26. The molecular weight excluding hydrogens is 320 g/mol. The van der Waals surface area contributed by atoms with Gasteiger partial charge in [0.1, 0.15) is 0 Å². The molecule has 0 saturated heterocycles. The molecule has 0 aliphatic rings. The molecule has 0 amide bonds. The van der Waals surface area contributed by atoms with Crippen LogP contribution >= 0.6 is 11.8 Å². The SMILES string of the molecule is CCC(=O)SCCC(F)C(F)(F)C(F)(F)C(F)(F)CF. The highest BCUT2D eigenvalue weighted by Crippen LogP contribution is 2.49. The van der Waals surface area contributed by atoms with Crippen LogP contribution < -0.4 is 0 Å². The molecule has 0 aliphatic heterocycles. The molecule has 0 spiro atoms. The number of hydrogen-bond acceptors (Lipinski definition) is 2. The molecule has 0 N–H and O–H groups in total. The van der Waals surface area contributed by atoms with Crippen LogP contribution in [0.4, 0.5) is 35.1 Å². The first-order chi connectivity index (χ1) is 8.94. The maximum Gasteiger partial charge on any atom is 0.377 e. The third-order valence-electron chi connectivity index (χ3n) is 2.36. The van der Waals surface area contributed by atoms with E-state index >= 15 is 0 Å². The van der Waals surface area contributed by atoms with Gasteiger partial charge in [0.05, 0.1) is 0 Å². The lowest BCUT2D eigenvalue weighted by Crippen LogP contribution is -2.59. The lowest BCUT2D eigenvalue weighted by Gasteiger charge is -2.33. The van der Waals surface area contributed by atoms with Crippen molar-refractivity contribution >= 4 is 16.9 Å². The van der Waals surface area contributed by atoms with Crippen molar-refractivity contribution in [2.45, 2.75) is 43.7 Å². The van der Waals surface area contributed by atoms with Crippen molar-refractivity contribution < 1.29 is 39.9 Å². The molecule has 0 radical (unpaired) electrons. The summed E-state index contributed by atoms with van der Waals surface area (Å²) >= 11 is 0.426. The van der Waals surface area contributed by atoms with Gasteiger partial charge in [-0.15, -0.1) is 0 Å². The van der Waals surface area contributed by atoms with Crippen molar-refractivity contribution in [3.63, 3.8) is 0 Å². The standard InChI is InChI=1S/C10H12F8OS/c1-2-7(19)20-4-3-6(12)9(15,16)10(17,18)8(13,14)5-11/h6H,2-5H2,1H3. The molecule has 10 heteroatoms. The third kappa shape index (κ3) is 3.98. The molecule has 0 saturated carbocycles. The van der Waals surface area contributed by atoms with Gasteiger partial charge in [-0.05, 0) is 6.42 Å². The molecule has 0 aromatic carbocycles. The van der Waals surface area contributed by atoms with Gasteiger partial charge in [-0.25, -0.2) is 8.78 Å². The fraction of sp³-hybridized carbons (Fsp3) is 0.900. The lowest BCUT2D eigenvalue weighted by atomic mass is 9.99. The van der Waals surface area contributed by atoms with E-state index in [-0.39, 0.29) is 6.42 Å². The largest absolute Gasteiger partial charge is 0.377 e. The third-order valence-corrected chi connectivity index (χ3v) is 3.41. The van der Waals surface area contributed by atoms with Gasteiger partial charge < -0.3 is 0 Å². The van der Waals surface area contributed by atoms with Gasteiger partial charge in [-0.2, -0.15) is 26.3 Å². The average molecular weight is 332 g/mol. The first kappa shape index (κ1) is 19.5. The van der Waals surface area contributed by atoms with Crippen molar-refractivity contribution in [3.8, 4) is 0 Å². The summed E-state index contributed by atoms with van der Waals surface area (Å²) < 4.78 is 101. The second-order valence-electron chi connectivity index (χ2n) is 3.87. The fourth-order valence-electron chi connectivity index (χ4n) is 1.08. The van der Waals surface area contributed by atoms with Crippen LogP contribution in [0.2, 0.25) is 0 Å². The van der Waals surface area contributed by atoms with Crippen LogP contribution in [0.1, 0.15) is 19.8 Å². The number of thioether (sulfide) groups is 1. The van der Waals surface area contributed by atoms with E-state index in [9.17, 15) is 39.9 Å². The Hall–Kier alpha value is -0.540. The van der Waals surface area contributed by atoms with Crippen molar-refractivity contribution in [1.82, 2.24) is 0 Å².